The van der Waals surface area contributed by atoms with Crippen molar-refractivity contribution in [3.8, 4) is 11.5 Å². The predicted octanol–water partition coefficient (Wildman–Crippen LogP) is 5.26. The predicted molar refractivity (Wildman–Crippen MR) is 157 cm³/mol. The van der Waals surface area contributed by atoms with Crippen LogP contribution in [-0.2, 0) is 22.5 Å². The zero-order valence-corrected chi connectivity index (χ0v) is 25.3. The van der Waals surface area contributed by atoms with Gasteiger partial charge in [0, 0.05) is 50.3 Å². The number of hydrogen-bond donors (Lipinski definition) is 3. The number of amides is 1. The fourth-order valence-corrected chi connectivity index (χ4v) is 4.84. The number of benzene rings is 2. The lowest BCUT2D eigenvalue weighted by atomic mass is 9.81. The Balaban J connectivity index is 2.02. The molecule has 1 amide bonds. The summed E-state index contributed by atoms with van der Waals surface area (Å²) >= 11 is 0. The van der Waals surface area contributed by atoms with Crippen LogP contribution < -0.4 is 20.5 Å². The molecule has 2 rings (SSSR count). The highest BCUT2D eigenvalue weighted by atomic mass is 19.1. The smallest absolute Gasteiger partial charge is 0.223 e. The highest BCUT2D eigenvalue weighted by Gasteiger charge is 2.30. The van der Waals surface area contributed by atoms with Gasteiger partial charge in [-0.25, -0.2) is 8.78 Å². The van der Waals surface area contributed by atoms with E-state index < -0.39 is 29.7 Å². The van der Waals surface area contributed by atoms with E-state index in [4.69, 9.17) is 19.9 Å². The molecule has 2 aromatic rings. The number of carbonyl (C=O) groups is 1. The summed E-state index contributed by atoms with van der Waals surface area (Å²) in [6.45, 7) is 9.13. The maximum atomic E-state index is 14.0. The van der Waals surface area contributed by atoms with Crippen LogP contribution in [0.3, 0.4) is 0 Å². The minimum Gasteiger partial charge on any atom is -0.493 e. The normalized spacial score (nSPS) is 14.5. The van der Waals surface area contributed by atoms with Crippen LogP contribution in [0.25, 0.3) is 0 Å². The third kappa shape index (κ3) is 11.2. The second kappa shape index (κ2) is 17.3. The topological polar surface area (TPSA) is 103 Å². The van der Waals surface area contributed by atoms with Gasteiger partial charge in [0.1, 0.15) is 11.6 Å². The van der Waals surface area contributed by atoms with Crippen LogP contribution in [0.4, 0.5) is 8.78 Å². The second-order valence-corrected chi connectivity index (χ2v) is 11.4. The lowest BCUT2D eigenvalue weighted by molar-refractivity contribution is -0.127. The Kier molecular flexibility index (Phi) is 14.5. The molecule has 0 saturated heterocycles. The van der Waals surface area contributed by atoms with Gasteiger partial charge >= 0.3 is 0 Å². The number of rotatable bonds is 18. The Bertz CT molecular complexity index is 1080. The van der Waals surface area contributed by atoms with E-state index in [1.54, 1.807) is 14.2 Å². The van der Waals surface area contributed by atoms with Crippen molar-refractivity contribution in [2.45, 2.75) is 72.1 Å². The third-order valence-electron chi connectivity index (χ3n) is 7.59. The quantitative estimate of drug-likeness (QED) is 0.209. The standard InChI is InChI=1S/C32H48F2N2O5/c1-20(2)24(14-22-8-11-30(40-6)31(15-22)41-13-7-12-39-5)16-28(35)29(37)18-26(21(3)4)32(38)36-19-23-9-10-25(33)17-27(23)34/h8-11,15,17,20-21,24,26,28-29,37H,7,12-14,16,18-19,35H2,1-6H3,(H,36,38)/t24-,26-,28-,29-/m0/s1. The Morgan fingerprint density at radius 3 is 2.32 bits per heavy atom. The first-order chi connectivity index (χ1) is 19.5. The summed E-state index contributed by atoms with van der Waals surface area (Å²) in [6, 6.07) is 8.63. The van der Waals surface area contributed by atoms with Gasteiger partial charge in [-0.3, -0.25) is 4.79 Å². The van der Waals surface area contributed by atoms with E-state index in [2.05, 4.69) is 19.2 Å². The van der Waals surface area contributed by atoms with Crippen LogP contribution in [0.2, 0.25) is 0 Å². The van der Waals surface area contributed by atoms with Crippen molar-refractivity contribution in [2.24, 2.45) is 29.4 Å². The molecule has 4 atom stereocenters. The van der Waals surface area contributed by atoms with Gasteiger partial charge in [-0.15, -0.1) is 0 Å². The summed E-state index contributed by atoms with van der Waals surface area (Å²) in [6.07, 6.45) is 1.37. The molecule has 0 bridgehead atoms. The molecule has 7 nitrogen and oxygen atoms in total. The van der Waals surface area contributed by atoms with Gasteiger partial charge in [0.05, 0.1) is 19.8 Å². The molecule has 0 aliphatic rings. The Labute approximate surface area is 243 Å². The van der Waals surface area contributed by atoms with Crippen LogP contribution >= 0.6 is 0 Å². The van der Waals surface area contributed by atoms with Crippen molar-refractivity contribution >= 4 is 5.91 Å². The molecule has 0 unspecified atom stereocenters. The van der Waals surface area contributed by atoms with Crippen LogP contribution in [0.15, 0.2) is 36.4 Å². The number of nitrogens with two attached hydrogens (primary N) is 1. The van der Waals surface area contributed by atoms with Crippen LogP contribution in [-0.4, -0.2) is 50.6 Å². The van der Waals surface area contributed by atoms with E-state index in [1.165, 1.54) is 6.07 Å². The lowest BCUT2D eigenvalue weighted by Crippen LogP contribution is -2.42. The second-order valence-electron chi connectivity index (χ2n) is 11.4. The zero-order valence-electron chi connectivity index (χ0n) is 25.3. The first-order valence-electron chi connectivity index (χ1n) is 14.4. The van der Waals surface area contributed by atoms with Crippen LogP contribution in [0, 0.1) is 35.3 Å². The molecule has 0 spiro atoms. The van der Waals surface area contributed by atoms with Crippen LogP contribution in [0.5, 0.6) is 11.5 Å². The number of halogens is 2. The summed E-state index contributed by atoms with van der Waals surface area (Å²) < 4.78 is 43.7. The van der Waals surface area contributed by atoms with E-state index in [9.17, 15) is 18.7 Å². The largest absolute Gasteiger partial charge is 0.493 e. The van der Waals surface area contributed by atoms with Crippen molar-refractivity contribution in [2.75, 3.05) is 27.4 Å². The number of methoxy groups -OCH3 is 2. The van der Waals surface area contributed by atoms with Crippen LogP contribution in [0.1, 0.15) is 58.1 Å². The van der Waals surface area contributed by atoms with E-state index in [1.807, 2.05) is 32.0 Å². The fraction of sp³-hybridized carbons (Fsp3) is 0.594. The summed E-state index contributed by atoms with van der Waals surface area (Å²) in [5.41, 5.74) is 7.78. The minimum absolute atomic E-state index is 0.0638. The first kappa shape index (κ1) is 34.5. The van der Waals surface area contributed by atoms with Gasteiger partial charge in [-0.2, -0.15) is 0 Å². The molecule has 0 aliphatic heterocycles. The maximum Gasteiger partial charge on any atom is 0.223 e. The number of ether oxygens (including phenoxy) is 3. The molecule has 0 fully saturated rings. The van der Waals surface area contributed by atoms with Crippen molar-refractivity contribution in [3.05, 3.63) is 59.2 Å². The van der Waals surface area contributed by atoms with Gasteiger partial charge in [-0.1, -0.05) is 39.8 Å². The molecule has 4 N–H and O–H groups in total. The first-order valence-corrected chi connectivity index (χ1v) is 14.4. The van der Waals surface area contributed by atoms with Gasteiger partial charge in [-0.05, 0) is 60.8 Å². The molecule has 230 valence electrons. The number of hydrogen-bond acceptors (Lipinski definition) is 6. The van der Waals surface area contributed by atoms with Crippen molar-refractivity contribution in [3.63, 3.8) is 0 Å². The molecule has 9 heteroatoms. The molecular formula is C32H48F2N2O5. The van der Waals surface area contributed by atoms with Gasteiger partial charge in [0.25, 0.3) is 0 Å². The van der Waals surface area contributed by atoms with Gasteiger partial charge in [0.15, 0.2) is 11.5 Å². The molecule has 0 heterocycles. The Hall–Kier alpha value is -2.75. The van der Waals surface area contributed by atoms with E-state index >= 15 is 0 Å². The minimum atomic E-state index is -0.896. The number of aliphatic hydroxyl groups excluding tert-OH is 1. The summed E-state index contributed by atoms with van der Waals surface area (Å²) in [5.74, 6) is -0.444. The van der Waals surface area contributed by atoms with Crippen molar-refractivity contribution in [1.29, 1.82) is 0 Å². The molecule has 0 aliphatic carbocycles. The Morgan fingerprint density at radius 2 is 1.71 bits per heavy atom. The lowest BCUT2D eigenvalue weighted by Gasteiger charge is -2.30. The number of aliphatic hydroxyl groups is 1. The molecule has 2 aromatic carbocycles. The fourth-order valence-electron chi connectivity index (χ4n) is 4.84. The molecule has 0 saturated carbocycles. The average molecular weight is 579 g/mol. The average Bonchev–Trinajstić information content (AvgIpc) is 2.92. The summed E-state index contributed by atoms with van der Waals surface area (Å²) in [4.78, 5) is 13.0. The van der Waals surface area contributed by atoms with Crippen molar-refractivity contribution < 1.29 is 32.9 Å². The maximum absolute atomic E-state index is 14.0. The number of nitrogens with one attached hydrogen (secondary N) is 1. The van der Waals surface area contributed by atoms with Gasteiger partial charge < -0.3 is 30.4 Å². The molecular weight excluding hydrogens is 530 g/mol. The molecule has 0 aromatic heterocycles. The SMILES string of the molecule is COCCCOc1cc(C[C@@H](C[C@H](N)[C@@H](O)C[C@H](C(=O)NCc2ccc(F)cc2F)C(C)C)C(C)C)ccc1OC. The number of carbonyl (C=O) groups excluding carboxylic acids is 1. The zero-order chi connectivity index (χ0) is 30.5. The van der Waals surface area contributed by atoms with E-state index in [0.29, 0.717) is 37.1 Å². The molecule has 41 heavy (non-hydrogen) atoms. The van der Waals surface area contributed by atoms with E-state index in [-0.39, 0.29) is 36.3 Å². The third-order valence-corrected chi connectivity index (χ3v) is 7.59. The highest BCUT2D eigenvalue weighted by Crippen LogP contribution is 2.32. The van der Waals surface area contributed by atoms with Crippen molar-refractivity contribution in [1.82, 2.24) is 5.32 Å². The summed E-state index contributed by atoms with van der Waals surface area (Å²) in [7, 11) is 3.27. The summed E-state index contributed by atoms with van der Waals surface area (Å²) in [5, 5.41) is 13.8. The Morgan fingerprint density at radius 1 is 0.976 bits per heavy atom. The van der Waals surface area contributed by atoms with Gasteiger partial charge in [0.2, 0.25) is 5.91 Å². The van der Waals surface area contributed by atoms with E-state index in [0.717, 1.165) is 30.5 Å². The molecule has 0 radical (unpaired) electrons. The monoisotopic (exact) mass is 578 g/mol. The highest BCUT2D eigenvalue weighted by molar-refractivity contribution is 5.78.